The van der Waals surface area contributed by atoms with E-state index in [0.29, 0.717) is 25.6 Å². The van der Waals surface area contributed by atoms with Gasteiger partial charge in [-0.25, -0.2) is 4.98 Å². The van der Waals surface area contributed by atoms with Crippen molar-refractivity contribution in [3.8, 4) is 0 Å². The van der Waals surface area contributed by atoms with Crippen LogP contribution in [0.25, 0.3) is 0 Å². The van der Waals surface area contributed by atoms with Crippen LogP contribution < -0.4 is 16.0 Å². The third kappa shape index (κ3) is 7.03. The molecule has 1 amide bonds. The number of nitrogens with zero attached hydrogens (tertiary/aromatic N) is 2. The van der Waals surface area contributed by atoms with E-state index in [0.717, 1.165) is 29.5 Å². The lowest BCUT2D eigenvalue weighted by Crippen LogP contribution is -2.41. The van der Waals surface area contributed by atoms with Crippen molar-refractivity contribution >= 4 is 47.2 Å². The van der Waals surface area contributed by atoms with Crippen LogP contribution in [0.5, 0.6) is 0 Å². The van der Waals surface area contributed by atoms with Gasteiger partial charge in [-0.15, -0.1) is 35.3 Å². The van der Waals surface area contributed by atoms with Crippen LogP contribution in [-0.2, 0) is 11.3 Å². The van der Waals surface area contributed by atoms with Crippen LogP contribution in [0.15, 0.2) is 10.4 Å². The molecule has 0 aliphatic heterocycles. The van der Waals surface area contributed by atoms with Crippen molar-refractivity contribution in [2.24, 2.45) is 10.9 Å². The summed E-state index contributed by atoms with van der Waals surface area (Å²) in [6.07, 6.45) is 2.07. The van der Waals surface area contributed by atoms with Gasteiger partial charge in [-0.3, -0.25) is 9.79 Å². The van der Waals surface area contributed by atoms with Crippen LogP contribution in [0.1, 0.15) is 43.3 Å². The van der Waals surface area contributed by atoms with E-state index >= 15 is 0 Å². The van der Waals surface area contributed by atoms with Crippen molar-refractivity contribution in [2.75, 3.05) is 20.1 Å². The summed E-state index contributed by atoms with van der Waals surface area (Å²) in [5, 5.41) is 12.5. The minimum atomic E-state index is 0. The summed E-state index contributed by atoms with van der Waals surface area (Å²) in [5.74, 6) is 1.62. The molecule has 1 fully saturated rings. The van der Waals surface area contributed by atoms with Gasteiger partial charge in [0.2, 0.25) is 5.91 Å². The Morgan fingerprint density at radius 2 is 2.04 bits per heavy atom. The summed E-state index contributed by atoms with van der Waals surface area (Å²) in [6.45, 7) is 6.22. The zero-order valence-electron chi connectivity index (χ0n) is 13.9. The number of halogens is 1. The van der Waals surface area contributed by atoms with Gasteiger partial charge in [0.1, 0.15) is 5.01 Å². The monoisotopic (exact) mass is 451 g/mol. The second kappa shape index (κ2) is 10.1. The summed E-state index contributed by atoms with van der Waals surface area (Å²) in [6, 6.07) is 0. The second-order valence-electron chi connectivity index (χ2n) is 5.74. The molecule has 8 heteroatoms. The third-order valence-corrected chi connectivity index (χ3v) is 4.32. The van der Waals surface area contributed by atoms with Crippen molar-refractivity contribution in [3.05, 3.63) is 16.1 Å². The molecule has 1 aromatic heterocycles. The quantitative estimate of drug-likeness (QED) is 0.257. The molecule has 1 aliphatic rings. The molecule has 0 aromatic carbocycles. The van der Waals surface area contributed by atoms with E-state index in [2.05, 4.69) is 45.2 Å². The molecule has 0 saturated heterocycles. The fourth-order valence-electron chi connectivity index (χ4n) is 1.91. The molecule has 0 bridgehead atoms. The Kier molecular flexibility index (Phi) is 8.82. The van der Waals surface area contributed by atoms with Gasteiger partial charge >= 0.3 is 0 Å². The van der Waals surface area contributed by atoms with Crippen molar-refractivity contribution in [1.29, 1.82) is 0 Å². The summed E-state index contributed by atoms with van der Waals surface area (Å²) in [7, 11) is 1.74. The average Bonchev–Trinajstić information content (AvgIpc) is 3.24. The maximum Gasteiger partial charge on any atom is 0.223 e. The number of carbonyl (C=O) groups is 1. The van der Waals surface area contributed by atoms with E-state index in [1.54, 1.807) is 18.4 Å². The summed E-state index contributed by atoms with van der Waals surface area (Å²) in [5.41, 5.74) is 1.13. The van der Waals surface area contributed by atoms with Gasteiger partial charge < -0.3 is 16.0 Å². The van der Waals surface area contributed by atoms with Gasteiger partial charge in [0.15, 0.2) is 5.96 Å². The molecule has 0 unspecified atom stereocenters. The first-order chi connectivity index (χ1) is 10.6. The highest BCUT2D eigenvalue weighted by Crippen LogP contribution is 2.28. The summed E-state index contributed by atoms with van der Waals surface area (Å²) >= 11 is 1.66. The summed E-state index contributed by atoms with van der Waals surface area (Å²) < 4.78 is 0. The number of amides is 1. The van der Waals surface area contributed by atoms with Crippen molar-refractivity contribution in [2.45, 2.75) is 39.2 Å². The number of carbonyl (C=O) groups excluding carboxylic acids is 1. The maximum atomic E-state index is 11.5. The lowest BCUT2D eigenvalue weighted by Gasteiger charge is -2.11. The van der Waals surface area contributed by atoms with Crippen LogP contribution in [-0.4, -0.2) is 37.0 Å². The fourth-order valence-corrected chi connectivity index (χ4v) is 2.80. The number of guanidine groups is 1. The maximum absolute atomic E-state index is 11.5. The molecule has 0 spiro atoms. The van der Waals surface area contributed by atoms with Crippen LogP contribution in [0, 0.1) is 5.92 Å². The smallest absolute Gasteiger partial charge is 0.223 e. The van der Waals surface area contributed by atoms with Crippen molar-refractivity contribution < 1.29 is 4.79 Å². The molecular formula is C15H26IN5OS. The predicted octanol–water partition coefficient (Wildman–Crippen LogP) is 2.08. The van der Waals surface area contributed by atoms with Gasteiger partial charge in [-0.2, -0.15) is 0 Å². The van der Waals surface area contributed by atoms with Gasteiger partial charge in [-0.05, 0) is 18.8 Å². The number of rotatable bonds is 7. The van der Waals surface area contributed by atoms with Gasteiger partial charge in [0.25, 0.3) is 0 Å². The Morgan fingerprint density at radius 3 is 2.61 bits per heavy atom. The van der Waals surface area contributed by atoms with Gasteiger partial charge in [0, 0.05) is 31.4 Å². The lowest BCUT2D eigenvalue weighted by molar-refractivity contribution is -0.122. The van der Waals surface area contributed by atoms with Crippen LogP contribution in [0.4, 0.5) is 0 Å². The predicted molar refractivity (Wildman–Crippen MR) is 106 cm³/mol. The normalized spacial score (nSPS) is 14.3. The first-order valence-electron chi connectivity index (χ1n) is 7.76. The van der Waals surface area contributed by atoms with Crippen LogP contribution in [0.3, 0.4) is 0 Å². The highest BCUT2D eigenvalue weighted by atomic mass is 127. The van der Waals surface area contributed by atoms with E-state index < -0.39 is 0 Å². The van der Waals surface area contributed by atoms with E-state index in [9.17, 15) is 4.79 Å². The molecule has 6 nitrogen and oxygen atoms in total. The van der Waals surface area contributed by atoms with Gasteiger partial charge in [-0.1, -0.05) is 13.8 Å². The van der Waals surface area contributed by atoms with E-state index in [1.807, 2.05) is 0 Å². The molecule has 3 N–H and O–H groups in total. The van der Waals surface area contributed by atoms with Crippen LogP contribution >= 0.6 is 35.3 Å². The second-order valence-corrected chi connectivity index (χ2v) is 6.68. The van der Waals surface area contributed by atoms with E-state index in [4.69, 9.17) is 0 Å². The molecule has 2 rings (SSSR count). The minimum absolute atomic E-state index is 0. The number of nitrogens with one attached hydrogen (secondary N) is 3. The zero-order chi connectivity index (χ0) is 15.9. The zero-order valence-corrected chi connectivity index (χ0v) is 17.0. The standard InChI is InChI=1S/C15H25N5OS.HI/c1-10(2)12-9-22-13(20-12)8-19-15(16-3)18-7-6-17-14(21)11-4-5-11;/h9-11H,4-8H2,1-3H3,(H,17,21)(H2,16,18,19);1H. The Hall–Kier alpha value is -0.900. The lowest BCUT2D eigenvalue weighted by atomic mass is 10.2. The molecule has 130 valence electrons. The van der Waals surface area contributed by atoms with E-state index in [-0.39, 0.29) is 35.8 Å². The fraction of sp³-hybridized carbons (Fsp3) is 0.667. The Labute approximate surface area is 159 Å². The first-order valence-corrected chi connectivity index (χ1v) is 8.64. The van der Waals surface area contributed by atoms with Crippen molar-refractivity contribution in [3.63, 3.8) is 0 Å². The highest BCUT2D eigenvalue weighted by Gasteiger charge is 2.28. The number of hydrogen-bond acceptors (Lipinski definition) is 4. The topological polar surface area (TPSA) is 78.4 Å². The SMILES string of the molecule is CN=C(NCCNC(=O)C1CC1)NCc1nc(C(C)C)cs1.I. The van der Waals surface area contributed by atoms with Gasteiger partial charge in [0.05, 0.1) is 12.2 Å². The number of thiazole rings is 1. The minimum Gasteiger partial charge on any atom is -0.355 e. The molecule has 1 saturated carbocycles. The Morgan fingerprint density at radius 1 is 1.35 bits per heavy atom. The number of hydrogen-bond donors (Lipinski definition) is 3. The molecule has 23 heavy (non-hydrogen) atoms. The van der Waals surface area contributed by atoms with E-state index in [1.165, 1.54) is 0 Å². The molecule has 0 radical (unpaired) electrons. The molecule has 1 aliphatic carbocycles. The first kappa shape index (κ1) is 20.1. The molecule has 1 aromatic rings. The largest absolute Gasteiger partial charge is 0.355 e. The molecule has 1 heterocycles. The highest BCUT2D eigenvalue weighted by molar-refractivity contribution is 14.0. The Balaban J connectivity index is 0.00000264. The summed E-state index contributed by atoms with van der Waals surface area (Å²) in [4.78, 5) is 20.2. The average molecular weight is 451 g/mol. The van der Waals surface area contributed by atoms with Crippen LogP contribution in [0.2, 0.25) is 0 Å². The Bertz CT molecular complexity index is 528. The van der Waals surface area contributed by atoms with Crippen molar-refractivity contribution in [1.82, 2.24) is 20.9 Å². The number of aromatic nitrogens is 1. The number of aliphatic imine (C=N–C) groups is 1. The molecule has 0 atom stereocenters. The molecular weight excluding hydrogens is 425 g/mol. The third-order valence-electron chi connectivity index (χ3n) is 3.46.